The maximum absolute atomic E-state index is 4.30. The first-order chi connectivity index (χ1) is 7.34. The molecule has 0 fully saturated rings. The van der Waals surface area contributed by atoms with Crippen LogP contribution in [-0.2, 0) is 7.05 Å². The average molecular weight is 198 g/mol. The molecule has 2 heterocycles. The van der Waals surface area contributed by atoms with Crippen molar-refractivity contribution in [2.45, 2.75) is 0 Å². The quantitative estimate of drug-likeness (QED) is 0.649. The number of fused-ring (bicyclic) bond motifs is 1. The summed E-state index contributed by atoms with van der Waals surface area (Å²) in [4.78, 5) is 0. The summed E-state index contributed by atoms with van der Waals surface area (Å²) >= 11 is 0. The van der Waals surface area contributed by atoms with Crippen LogP contribution in [0.1, 0.15) is 0 Å². The van der Waals surface area contributed by atoms with Gasteiger partial charge in [-0.05, 0) is 6.07 Å². The van der Waals surface area contributed by atoms with Gasteiger partial charge in [0.25, 0.3) is 0 Å². The zero-order valence-corrected chi connectivity index (χ0v) is 8.31. The van der Waals surface area contributed by atoms with Crippen LogP contribution in [-0.4, -0.2) is 20.0 Å². The molecule has 1 N–H and O–H groups in total. The van der Waals surface area contributed by atoms with Crippen LogP contribution >= 0.6 is 0 Å². The largest absolute Gasteiger partial charge is 0.277 e. The van der Waals surface area contributed by atoms with Crippen molar-refractivity contribution in [3.05, 3.63) is 36.7 Å². The van der Waals surface area contributed by atoms with Crippen molar-refractivity contribution < 1.29 is 0 Å². The molecular formula is C11H10N4. The van der Waals surface area contributed by atoms with Crippen molar-refractivity contribution in [1.29, 1.82) is 0 Å². The molecule has 2 aromatic heterocycles. The summed E-state index contributed by atoms with van der Waals surface area (Å²) in [5.41, 5.74) is 3.05. The molecule has 0 aliphatic carbocycles. The number of aromatic nitrogens is 4. The molecule has 0 radical (unpaired) electrons. The van der Waals surface area contributed by atoms with Crippen LogP contribution in [0, 0.1) is 0 Å². The highest BCUT2D eigenvalue weighted by Gasteiger charge is 2.08. The summed E-state index contributed by atoms with van der Waals surface area (Å²) < 4.78 is 1.78. The second kappa shape index (κ2) is 2.95. The molecule has 0 atom stereocenters. The predicted molar refractivity (Wildman–Crippen MR) is 58.3 cm³/mol. The topological polar surface area (TPSA) is 46.5 Å². The average Bonchev–Trinajstić information content (AvgIpc) is 2.83. The van der Waals surface area contributed by atoms with Gasteiger partial charge in [-0.2, -0.15) is 10.2 Å². The van der Waals surface area contributed by atoms with Crippen molar-refractivity contribution in [3.8, 4) is 11.3 Å². The van der Waals surface area contributed by atoms with Gasteiger partial charge in [-0.1, -0.05) is 18.2 Å². The lowest BCUT2D eigenvalue weighted by atomic mass is 10.1. The number of nitrogens with zero attached hydrogens (tertiary/aromatic N) is 3. The number of H-pyrrole nitrogens is 1. The Bertz CT molecular complexity index is 606. The number of aryl methyl sites for hydroxylation is 1. The number of hydrogen-bond donors (Lipinski definition) is 1. The molecular weight excluding hydrogens is 188 g/mol. The molecule has 15 heavy (non-hydrogen) atoms. The molecule has 0 spiro atoms. The first-order valence-electron chi connectivity index (χ1n) is 4.77. The molecule has 0 bridgehead atoms. The first-order valence-corrected chi connectivity index (χ1v) is 4.77. The molecule has 4 heteroatoms. The third kappa shape index (κ3) is 1.22. The molecule has 3 rings (SSSR count). The minimum Gasteiger partial charge on any atom is -0.277 e. The van der Waals surface area contributed by atoms with Crippen molar-refractivity contribution in [3.63, 3.8) is 0 Å². The Kier molecular flexibility index (Phi) is 1.62. The molecule has 0 unspecified atom stereocenters. The number of aromatic amines is 1. The maximum atomic E-state index is 4.30. The zero-order chi connectivity index (χ0) is 10.3. The summed E-state index contributed by atoms with van der Waals surface area (Å²) in [7, 11) is 1.90. The second-order valence-corrected chi connectivity index (χ2v) is 3.52. The van der Waals surface area contributed by atoms with Crippen LogP contribution in [0.15, 0.2) is 36.7 Å². The van der Waals surface area contributed by atoms with Gasteiger partial charge in [-0.25, -0.2) is 0 Å². The van der Waals surface area contributed by atoms with E-state index in [0.29, 0.717) is 0 Å². The molecule has 74 valence electrons. The van der Waals surface area contributed by atoms with E-state index in [0.717, 1.165) is 22.2 Å². The van der Waals surface area contributed by atoms with Gasteiger partial charge < -0.3 is 0 Å². The van der Waals surface area contributed by atoms with Crippen LogP contribution in [0.4, 0.5) is 0 Å². The summed E-state index contributed by atoms with van der Waals surface area (Å²) in [6.07, 6.45) is 3.78. The van der Waals surface area contributed by atoms with E-state index in [-0.39, 0.29) is 0 Å². The Morgan fingerprint density at radius 2 is 2.13 bits per heavy atom. The van der Waals surface area contributed by atoms with E-state index in [2.05, 4.69) is 21.4 Å². The SMILES string of the molecule is Cn1cc(-c2n[nH]c3ccccc23)cn1. The lowest BCUT2D eigenvalue weighted by Crippen LogP contribution is -1.84. The third-order valence-electron chi connectivity index (χ3n) is 2.45. The van der Waals surface area contributed by atoms with E-state index in [1.54, 1.807) is 4.68 Å². The van der Waals surface area contributed by atoms with Gasteiger partial charge in [0.05, 0.1) is 11.7 Å². The number of nitrogens with one attached hydrogen (secondary N) is 1. The maximum Gasteiger partial charge on any atom is 0.103 e. The highest BCUT2D eigenvalue weighted by atomic mass is 15.2. The summed E-state index contributed by atoms with van der Waals surface area (Å²) in [5, 5.41) is 12.6. The van der Waals surface area contributed by atoms with E-state index in [9.17, 15) is 0 Å². The third-order valence-corrected chi connectivity index (χ3v) is 2.45. The number of para-hydroxylation sites is 1. The molecule has 1 aromatic carbocycles. The zero-order valence-electron chi connectivity index (χ0n) is 8.31. The van der Waals surface area contributed by atoms with Gasteiger partial charge in [0.1, 0.15) is 5.69 Å². The van der Waals surface area contributed by atoms with E-state index < -0.39 is 0 Å². The summed E-state index contributed by atoms with van der Waals surface area (Å²) in [6.45, 7) is 0. The van der Waals surface area contributed by atoms with Gasteiger partial charge in [0.2, 0.25) is 0 Å². The fraction of sp³-hybridized carbons (Fsp3) is 0.0909. The van der Waals surface area contributed by atoms with Gasteiger partial charge in [-0.15, -0.1) is 0 Å². The van der Waals surface area contributed by atoms with Crippen LogP contribution in [0.5, 0.6) is 0 Å². The Morgan fingerprint density at radius 3 is 2.93 bits per heavy atom. The molecule has 0 saturated heterocycles. The smallest absolute Gasteiger partial charge is 0.103 e. The molecule has 0 amide bonds. The Labute approximate surface area is 86.5 Å². The molecule has 0 aliphatic rings. The minimum atomic E-state index is 0.957. The molecule has 0 aliphatic heterocycles. The molecule has 4 nitrogen and oxygen atoms in total. The Morgan fingerprint density at radius 1 is 1.27 bits per heavy atom. The van der Waals surface area contributed by atoms with E-state index in [4.69, 9.17) is 0 Å². The summed E-state index contributed by atoms with van der Waals surface area (Å²) in [5.74, 6) is 0. The highest BCUT2D eigenvalue weighted by Crippen LogP contribution is 2.24. The fourth-order valence-electron chi connectivity index (χ4n) is 1.73. The van der Waals surface area contributed by atoms with Crippen molar-refractivity contribution in [2.75, 3.05) is 0 Å². The predicted octanol–water partition coefficient (Wildman–Crippen LogP) is 1.96. The van der Waals surface area contributed by atoms with Gasteiger partial charge >= 0.3 is 0 Å². The van der Waals surface area contributed by atoms with Crippen molar-refractivity contribution in [1.82, 2.24) is 20.0 Å². The normalized spacial score (nSPS) is 11.0. The molecule has 0 saturated carbocycles. The van der Waals surface area contributed by atoms with Gasteiger partial charge in [-0.3, -0.25) is 9.78 Å². The first kappa shape index (κ1) is 8.23. The molecule has 3 aromatic rings. The highest BCUT2D eigenvalue weighted by molar-refractivity contribution is 5.92. The van der Waals surface area contributed by atoms with E-state index in [1.165, 1.54) is 0 Å². The minimum absolute atomic E-state index is 0.957. The van der Waals surface area contributed by atoms with E-state index in [1.807, 2.05) is 37.6 Å². The van der Waals surface area contributed by atoms with Crippen molar-refractivity contribution >= 4 is 10.9 Å². The summed E-state index contributed by atoms with van der Waals surface area (Å²) in [6, 6.07) is 8.08. The Balaban J connectivity index is 2.27. The number of rotatable bonds is 1. The van der Waals surface area contributed by atoms with Crippen LogP contribution in [0.25, 0.3) is 22.2 Å². The van der Waals surface area contributed by atoms with Gasteiger partial charge in [0, 0.05) is 24.2 Å². The van der Waals surface area contributed by atoms with Crippen LogP contribution in [0.2, 0.25) is 0 Å². The monoisotopic (exact) mass is 198 g/mol. The number of benzene rings is 1. The van der Waals surface area contributed by atoms with E-state index >= 15 is 0 Å². The van der Waals surface area contributed by atoms with Gasteiger partial charge in [0.15, 0.2) is 0 Å². The number of hydrogen-bond acceptors (Lipinski definition) is 2. The lowest BCUT2D eigenvalue weighted by Gasteiger charge is -1.90. The van der Waals surface area contributed by atoms with Crippen molar-refractivity contribution in [2.24, 2.45) is 7.05 Å². The lowest BCUT2D eigenvalue weighted by molar-refractivity contribution is 0.768. The second-order valence-electron chi connectivity index (χ2n) is 3.52. The van der Waals surface area contributed by atoms with Crippen LogP contribution in [0.3, 0.4) is 0 Å². The Hall–Kier alpha value is -2.10. The standard InChI is InChI=1S/C11H10N4/c1-15-7-8(6-12-15)11-9-4-2-3-5-10(9)13-14-11/h2-7H,1H3,(H,13,14). The van der Waals surface area contributed by atoms with Crippen LogP contribution < -0.4 is 0 Å². The fourth-order valence-corrected chi connectivity index (χ4v) is 1.73.